The smallest absolute Gasteiger partial charge is 0.144 e. The summed E-state index contributed by atoms with van der Waals surface area (Å²) in [5.74, 6) is -1.65. The Morgan fingerprint density at radius 1 is 1.30 bits per heavy atom. The van der Waals surface area contributed by atoms with Gasteiger partial charge in [-0.15, -0.1) is 0 Å². The van der Waals surface area contributed by atoms with Crippen molar-refractivity contribution < 1.29 is 17.7 Å². The fraction of sp³-hybridized carbons (Fsp3) is 0.571. The van der Waals surface area contributed by atoms with Crippen molar-refractivity contribution in [2.75, 3.05) is 12.3 Å². The van der Waals surface area contributed by atoms with Crippen molar-refractivity contribution in [2.45, 2.75) is 47.9 Å². The van der Waals surface area contributed by atoms with E-state index in [4.69, 9.17) is 10.5 Å². The first-order valence-corrected chi connectivity index (χ1v) is 8.01. The molecule has 1 heterocycles. The third-order valence-electron chi connectivity index (χ3n) is 4.24. The van der Waals surface area contributed by atoms with Gasteiger partial charge in [-0.25, -0.2) is 8.78 Å². The fourth-order valence-electron chi connectivity index (χ4n) is 3.02. The Morgan fingerprint density at radius 3 is 2.50 bits per heavy atom. The molecule has 1 aliphatic carbocycles. The lowest BCUT2D eigenvalue weighted by molar-refractivity contribution is -0.125. The molecule has 1 saturated carbocycles. The second-order valence-electron chi connectivity index (χ2n) is 5.61. The standard InChI is InChI=1S/C14H17F2NO2S/c15-11-6-9(17)7-12(16)13(11)20(18)10-2-5-19-14(8-10)3-1-4-14/h6-7,10H,1-5,8,17H2. The highest BCUT2D eigenvalue weighted by molar-refractivity contribution is 7.85. The highest BCUT2D eigenvalue weighted by atomic mass is 32.2. The number of ether oxygens (including phenoxy) is 1. The van der Waals surface area contributed by atoms with Crippen LogP contribution in [0.15, 0.2) is 17.0 Å². The van der Waals surface area contributed by atoms with Crippen LogP contribution in [0, 0.1) is 11.6 Å². The number of rotatable bonds is 2. The molecule has 2 atom stereocenters. The molecule has 2 aliphatic rings. The average Bonchev–Trinajstić information content (AvgIpc) is 2.35. The molecule has 1 aliphatic heterocycles. The highest BCUT2D eigenvalue weighted by Gasteiger charge is 2.44. The molecule has 0 radical (unpaired) electrons. The Hall–Kier alpha value is -1.01. The summed E-state index contributed by atoms with van der Waals surface area (Å²) in [5.41, 5.74) is 5.19. The van der Waals surface area contributed by atoms with Gasteiger partial charge in [-0.05, 0) is 44.2 Å². The lowest BCUT2D eigenvalue weighted by Gasteiger charge is -2.46. The summed E-state index contributed by atoms with van der Waals surface area (Å²) in [6.07, 6.45) is 4.19. The van der Waals surface area contributed by atoms with Crippen molar-refractivity contribution in [3.05, 3.63) is 23.8 Å². The predicted molar refractivity (Wildman–Crippen MR) is 72.7 cm³/mol. The number of anilines is 1. The summed E-state index contributed by atoms with van der Waals surface area (Å²) in [6, 6.07) is 2.05. The quantitative estimate of drug-likeness (QED) is 0.855. The van der Waals surface area contributed by atoms with Gasteiger partial charge in [-0.3, -0.25) is 4.21 Å². The Bertz CT molecular complexity index is 537. The molecular formula is C14H17F2NO2S. The molecule has 1 aromatic rings. The van der Waals surface area contributed by atoms with Gasteiger partial charge >= 0.3 is 0 Å². The summed E-state index contributed by atoms with van der Waals surface area (Å²) in [4.78, 5) is -0.347. The summed E-state index contributed by atoms with van der Waals surface area (Å²) in [5, 5.41) is -0.253. The van der Waals surface area contributed by atoms with Gasteiger partial charge in [0.15, 0.2) is 0 Å². The minimum Gasteiger partial charge on any atom is -0.399 e. The summed E-state index contributed by atoms with van der Waals surface area (Å²) >= 11 is 0. The number of nitrogen functional groups attached to an aromatic ring is 1. The van der Waals surface area contributed by atoms with Crippen LogP contribution >= 0.6 is 0 Å². The first-order valence-electron chi connectivity index (χ1n) is 6.80. The Morgan fingerprint density at radius 2 is 1.95 bits per heavy atom. The van der Waals surface area contributed by atoms with E-state index in [1.807, 2.05) is 0 Å². The molecule has 0 amide bonds. The van der Waals surface area contributed by atoms with Crippen LogP contribution in [0.5, 0.6) is 0 Å². The van der Waals surface area contributed by atoms with E-state index in [1.54, 1.807) is 0 Å². The molecule has 1 saturated heterocycles. The van der Waals surface area contributed by atoms with Gasteiger partial charge in [-0.1, -0.05) is 0 Å². The molecule has 2 fully saturated rings. The zero-order chi connectivity index (χ0) is 14.3. The molecule has 0 bridgehead atoms. The number of hydrogen-bond donors (Lipinski definition) is 1. The molecule has 0 aromatic heterocycles. The van der Waals surface area contributed by atoms with Gasteiger partial charge in [0.2, 0.25) is 0 Å². The normalized spacial score (nSPS) is 26.2. The Kier molecular flexibility index (Phi) is 3.54. The van der Waals surface area contributed by atoms with Crippen molar-refractivity contribution in [2.24, 2.45) is 0 Å². The first kappa shape index (κ1) is 13.9. The third kappa shape index (κ3) is 2.35. The molecule has 6 heteroatoms. The van der Waals surface area contributed by atoms with Crippen LogP contribution in [0.3, 0.4) is 0 Å². The van der Waals surface area contributed by atoms with E-state index in [1.165, 1.54) is 0 Å². The average molecular weight is 301 g/mol. The topological polar surface area (TPSA) is 52.3 Å². The van der Waals surface area contributed by atoms with E-state index in [-0.39, 0.29) is 21.4 Å². The second-order valence-corrected chi connectivity index (χ2v) is 7.28. The number of halogens is 2. The zero-order valence-corrected chi connectivity index (χ0v) is 11.8. The third-order valence-corrected chi connectivity index (χ3v) is 6.04. The van der Waals surface area contributed by atoms with Gasteiger partial charge in [0.25, 0.3) is 0 Å². The Labute approximate surface area is 118 Å². The minimum atomic E-state index is -1.70. The van der Waals surface area contributed by atoms with Crippen LogP contribution in [-0.2, 0) is 15.5 Å². The fourth-order valence-corrected chi connectivity index (χ4v) is 4.62. The van der Waals surface area contributed by atoms with E-state index in [0.29, 0.717) is 19.4 Å². The number of hydrogen-bond acceptors (Lipinski definition) is 3. The predicted octanol–water partition coefficient (Wildman–Crippen LogP) is 2.76. The largest absolute Gasteiger partial charge is 0.399 e. The molecule has 110 valence electrons. The number of benzene rings is 1. The molecule has 1 aromatic carbocycles. The maximum atomic E-state index is 13.9. The van der Waals surface area contributed by atoms with Crippen LogP contribution in [-0.4, -0.2) is 21.7 Å². The molecular weight excluding hydrogens is 284 g/mol. The van der Waals surface area contributed by atoms with Crippen LogP contribution < -0.4 is 5.73 Å². The van der Waals surface area contributed by atoms with Gasteiger partial charge in [0, 0.05) is 17.5 Å². The SMILES string of the molecule is Nc1cc(F)c(S(=O)C2CCOC3(CCC3)C2)c(F)c1. The maximum Gasteiger partial charge on any atom is 0.144 e. The minimum absolute atomic E-state index is 0.00295. The summed E-state index contributed by atoms with van der Waals surface area (Å²) < 4.78 is 46.0. The number of nitrogens with two attached hydrogens (primary N) is 1. The van der Waals surface area contributed by atoms with Crippen molar-refractivity contribution in [3.8, 4) is 0 Å². The maximum absolute atomic E-state index is 13.9. The summed E-state index contributed by atoms with van der Waals surface area (Å²) in [7, 11) is -1.70. The van der Waals surface area contributed by atoms with E-state index >= 15 is 0 Å². The second kappa shape index (κ2) is 5.07. The monoisotopic (exact) mass is 301 g/mol. The van der Waals surface area contributed by atoms with Crippen LogP contribution in [0.1, 0.15) is 32.1 Å². The lowest BCUT2D eigenvalue weighted by Crippen LogP contribution is -2.48. The molecule has 2 N–H and O–H groups in total. The van der Waals surface area contributed by atoms with Gasteiger partial charge in [-0.2, -0.15) is 0 Å². The van der Waals surface area contributed by atoms with E-state index in [9.17, 15) is 13.0 Å². The van der Waals surface area contributed by atoms with E-state index in [0.717, 1.165) is 31.4 Å². The van der Waals surface area contributed by atoms with E-state index in [2.05, 4.69) is 0 Å². The summed E-state index contributed by atoms with van der Waals surface area (Å²) in [6.45, 7) is 0.509. The molecule has 3 nitrogen and oxygen atoms in total. The molecule has 2 unspecified atom stereocenters. The van der Waals surface area contributed by atoms with Gasteiger partial charge in [0.05, 0.1) is 16.4 Å². The Balaban J connectivity index is 1.85. The molecule has 1 spiro atoms. The van der Waals surface area contributed by atoms with Crippen molar-refractivity contribution >= 4 is 16.5 Å². The molecule has 20 heavy (non-hydrogen) atoms. The lowest BCUT2D eigenvalue weighted by atomic mass is 9.75. The first-order chi connectivity index (χ1) is 9.51. The highest BCUT2D eigenvalue weighted by Crippen LogP contribution is 2.44. The van der Waals surface area contributed by atoms with Crippen LogP contribution in [0.25, 0.3) is 0 Å². The van der Waals surface area contributed by atoms with Crippen LogP contribution in [0.4, 0.5) is 14.5 Å². The van der Waals surface area contributed by atoms with E-state index < -0.39 is 22.4 Å². The van der Waals surface area contributed by atoms with Gasteiger partial charge < -0.3 is 10.5 Å². The van der Waals surface area contributed by atoms with Crippen molar-refractivity contribution in [1.29, 1.82) is 0 Å². The zero-order valence-electron chi connectivity index (χ0n) is 11.0. The van der Waals surface area contributed by atoms with Crippen LogP contribution in [0.2, 0.25) is 0 Å². The molecule has 3 rings (SSSR count). The van der Waals surface area contributed by atoms with Gasteiger partial charge in [0.1, 0.15) is 16.5 Å². The van der Waals surface area contributed by atoms with Crippen molar-refractivity contribution in [3.63, 3.8) is 0 Å². The van der Waals surface area contributed by atoms with Crippen molar-refractivity contribution in [1.82, 2.24) is 0 Å².